The van der Waals surface area contributed by atoms with E-state index < -0.39 is 18.1 Å². The van der Waals surface area contributed by atoms with Gasteiger partial charge in [0.15, 0.2) is 0 Å². The molecule has 2 aliphatic heterocycles. The summed E-state index contributed by atoms with van der Waals surface area (Å²) < 4.78 is 4.86. The molecular weight excluding hydrogens is 466 g/mol. The summed E-state index contributed by atoms with van der Waals surface area (Å²) in [7, 11) is 1.36. The number of carbonyl (C=O) groups excluding carboxylic acids is 3. The van der Waals surface area contributed by atoms with E-state index in [1.165, 1.54) is 26.4 Å². The van der Waals surface area contributed by atoms with Gasteiger partial charge in [-0.2, -0.15) is 0 Å². The minimum atomic E-state index is -0.538. The molecule has 2 aromatic carbocycles. The van der Waals surface area contributed by atoms with Gasteiger partial charge < -0.3 is 19.5 Å². The number of hydrogen-bond donors (Lipinski definition) is 1. The summed E-state index contributed by atoms with van der Waals surface area (Å²) >= 11 is 0. The number of benzene rings is 2. The number of hydrogen-bond acceptors (Lipinski definition) is 4. The molecule has 1 aromatic heterocycles. The van der Waals surface area contributed by atoms with E-state index >= 15 is 0 Å². The van der Waals surface area contributed by atoms with Crippen LogP contribution in [0.15, 0.2) is 48.5 Å². The van der Waals surface area contributed by atoms with Gasteiger partial charge in [0.2, 0.25) is 11.8 Å². The van der Waals surface area contributed by atoms with Crippen LogP contribution in [-0.2, 0) is 20.7 Å². The van der Waals surface area contributed by atoms with Crippen LogP contribution in [0, 0.1) is 0 Å². The molecule has 7 heteroatoms. The van der Waals surface area contributed by atoms with Gasteiger partial charge in [0, 0.05) is 29.1 Å². The predicted octanol–water partition coefficient (Wildman–Crippen LogP) is 4.75. The molecule has 6 rings (SSSR count). The van der Waals surface area contributed by atoms with Gasteiger partial charge in [0.1, 0.15) is 12.6 Å². The Hall–Kier alpha value is -3.61. The molecule has 3 aromatic rings. The fourth-order valence-electron chi connectivity index (χ4n) is 6.61. The fourth-order valence-corrected chi connectivity index (χ4v) is 6.61. The van der Waals surface area contributed by atoms with Crippen LogP contribution in [0.4, 0.5) is 0 Å². The van der Waals surface area contributed by atoms with Gasteiger partial charge in [0.25, 0.3) is 0 Å². The Morgan fingerprint density at radius 3 is 2.38 bits per heavy atom. The minimum absolute atomic E-state index is 0.0157. The molecule has 1 saturated heterocycles. The van der Waals surface area contributed by atoms with E-state index in [9.17, 15) is 14.4 Å². The first kappa shape index (κ1) is 23.8. The number of aromatic amines is 1. The number of fused-ring (bicyclic) bond motifs is 4. The molecule has 37 heavy (non-hydrogen) atoms. The Morgan fingerprint density at radius 1 is 0.946 bits per heavy atom. The van der Waals surface area contributed by atoms with Crippen LogP contribution in [0.2, 0.25) is 0 Å². The zero-order chi connectivity index (χ0) is 25.5. The second-order valence-corrected chi connectivity index (χ2v) is 10.6. The van der Waals surface area contributed by atoms with E-state index in [1.54, 1.807) is 17.0 Å². The highest BCUT2D eigenvalue weighted by Gasteiger charge is 2.49. The van der Waals surface area contributed by atoms with Crippen molar-refractivity contribution in [3.05, 3.63) is 70.9 Å². The van der Waals surface area contributed by atoms with Gasteiger partial charge >= 0.3 is 5.97 Å². The molecule has 1 aliphatic carbocycles. The van der Waals surface area contributed by atoms with Crippen LogP contribution in [0.5, 0.6) is 0 Å². The molecule has 2 amide bonds. The Balaban J connectivity index is 1.42. The van der Waals surface area contributed by atoms with Crippen LogP contribution >= 0.6 is 0 Å². The Morgan fingerprint density at radius 2 is 1.65 bits per heavy atom. The molecule has 0 radical (unpaired) electrons. The lowest BCUT2D eigenvalue weighted by atomic mass is 9.85. The summed E-state index contributed by atoms with van der Waals surface area (Å²) in [6.45, 7) is 0.131. The number of rotatable bonds is 3. The summed E-state index contributed by atoms with van der Waals surface area (Å²) in [4.78, 5) is 47.2. The first-order valence-corrected chi connectivity index (χ1v) is 13.5. The number of esters is 1. The Kier molecular flexibility index (Phi) is 6.22. The molecule has 0 spiro atoms. The summed E-state index contributed by atoms with van der Waals surface area (Å²) in [5.74, 6) is -0.353. The maximum absolute atomic E-state index is 14.1. The smallest absolute Gasteiger partial charge is 0.337 e. The molecule has 192 valence electrons. The van der Waals surface area contributed by atoms with Crippen molar-refractivity contribution in [1.82, 2.24) is 14.8 Å². The van der Waals surface area contributed by atoms with E-state index in [1.807, 2.05) is 35.2 Å². The average molecular weight is 500 g/mol. The van der Waals surface area contributed by atoms with Crippen molar-refractivity contribution < 1.29 is 19.1 Å². The number of nitrogens with zero attached hydrogens (tertiary/aromatic N) is 2. The number of para-hydroxylation sites is 1. The SMILES string of the molecule is COC(=O)c1ccc([C@@H]2c3[nH]c4ccccc4c3C[C@H]3C(=O)N(C4CCCCCCC4)CC(=O)N23)cc1. The normalized spacial score (nSPS) is 22.8. The third kappa shape index (κ3) is 4.10. The molecule has 3 heterocycles. The molecule has 0 bridgehead atoms. The first-order valence-electron chi connectivity index (χ1n) is 13.5. The van der Waals surface area contributed by atoms with Crippen molar-refractivity contribution in [2.45, 2.75) is 69.5 Å². The summed E-state index contributed by atoms with van der Waals surface area (Å²) in [5.41, 5.74) is 4.36. The zero-order valence-electron chi connectivity index (χ0n) is 21.2. The van der Waals surface area contributed by atoms with Crippen molar-refractivity contribution in [1.29, 1.82) is 0 Å². The molecule has 0 unspecified atom stereocenters. The van der Waals surface area contributed by atoms with Gasteiger partial charge in [-0.1, -0.05) is 62.4 Å². The number of carbonyl (C=O) groups is 3. The molecule has 1 N–H and O–H groups in total. The van der Waals surface area contributed by atoms with E-state index in [4.69, 9.17) is 4.74 Å². The average Bonchev–Trinajstić information content (AvgIpc) is 3.28. The van der Waals surface area contributed by atoms with Gasteiger partial charge in [-0.15, -0.1) is 0 Å². The topological polar surface area (TPSA) is 82.7 Å². The number of methoxy groups -OCH3 is 1. The number of aromatic nitrogens is 1. The highest BCUT2D eigenvalue weighted by Crippen LogP contribution is 2.43. The van der Waals surface area contributed by atoms with Crippen molar-refractivity contribution in [2.24, 2.45) is 0 Å². The van der Waals surface area contributed by atoms with Crippen molar-refractivity contribution in [2.75, 3.05) is 13.7 Å². The quantitative estimate of drug-likeness (QED) is 0.527. The second kappa shape index (κ2) is 9.69. The van der Waals surface area contributed by atoms with Crippen molar-refractivity contribution in [3.63, 3.8) is 0 Å². The number of piperazine rings is 1. The van der Waals surface area contributed by atoms with Gasteiger partial charge in [-0.25, -0.2) is 4.79 Å². The number of H-pyrrole nitrogens is 1. The van der Waals surface area contributed by atoms with Gasteiger partial charge in [-0.05, 0) is 42.2 Å². The molecule has 2 fully saturated rings. The number of amides is 2. The molecular formula is C30H33N3O4. The standard InChI is InChI=1S/C30H33N3O4/c1-37-30(36)20-15-13-19(14-16-20)28-27-23(22-11-7-8-12-24(22)31-27)17-25-29(35)32(18-26(34)33(25)28)21-9-5-3-2-4-6-10-21/h7-8,11-16,21,25,28,31H,2-6,9-10,17-18H2,1H3/t25-,28+/m0/s1. The third-order valence-corrected chi connectivity index (χ3v) is 8.46. The van der Waals surface area contributed by atoms with E-state index in [0.29, 0.717) is 12.0 Å². The van der Waals surface area contributed by atoms with E-state index in [2.05, 4.69) is 11.1 Å². The highest BCUT2D eigenvalue weighted by atomic mass is 16.5. The third-order valence-electron chi connectivity index (χ3n) is 8.46. The summed E-state index contributed by atoms with van der Waals surface area (Å²) in [6.07, 6.45) is 8.33. The molecule has 3 aliphatic rings. The summed E-state index contributed by atoms with van der Waals surface area (Å²) in [5, 5.41) is 1.09. The second-order valence-electron chi connectivity index (χ2n) is 10.6. The fraction of sp³-hybridized carbons (Fsp3) is 0.433. The van der Waals surface area contributed by atoms with Crippen molar-refractivity contribution >= 4 is 28.7 Å². The summed E-state index contributed by atoms with van der Waals surface area (Å²) in [6, 6.07) is 14.5. The predicted molar refractivity (Wildman–Crippen MR) is 140 cm³/mol. The minimum Gasteiger partial charge on any atom is -0.465 e. The highest BCUT2D eigenvalue weighted by molar-refractivity contribution is 5.98. The lowest BCUT2D eigenvalue weighted by molar-refractivity contribution is -0.161. The lowest BCUT2D eigenvalue weighted by Gasteiger charge is -2.49. The molecule has 2 atom stereocenters. The Bertz CT molecular complexity index is 1340. The largest absolute Gasteiger partial charge is 0.465 e. The maximum Gasteiger partial charge on any atom is 0.337 e. The van der Waals surface area contributed by atoms with Crippen LogP contribution in [0.25, 0.3) is 10.9 Å². The monoisotopic (exact) mass is 499 g/mol. The van der Waals surface area contributed by atoms with E-state index in [-0.39, 0.29) is 24.4 Å². The van der Waals surface area contributed by atoms with Crippen LogP contribution < -0.4 is 0 Å². The maximum atomic E-state index is 14.1. The van der Waals surface area contributed by atoms with Gasteiger partial charge in [0.05, 0.1) is 18.7 Å². The molecule has 7 nitrogen and oxygen atoms in total. The van der Waals surface area contributed by atoms with E-state index in [0.717, 1.165) is 53.4 Å². The zero-order valence-corrected chi connectivity index (χ0v) is 21.2. The number of nitrogens with one attached hydrogen (secondary N) is 1. The number of ether oxygens (including phenoxy) is 1. The first-order chi connectivity index (χ1) is 18.1. The molecule has 1 saturated carbocycles. The van der Waals surface area contributed by atoms with Crippen molar-refractivity contribution in [3.8, 4) is 0 Å². The van der Waals surface area contributed by atoms with Crippen LogP contribution in [0.3, 0.4) is 0 Å². The van der Waals surface area contributed by atoms with Crippen LogP contribution in [-0.4, -0.2) is 58.3 Å². The Labute approximate surface area is 216 Å². The van der Waals surface area contributed by atoms with Crippen LogP contribution in [0.1, 0.15) is 78.2 Å². The van der Waals surface area contributed by atoms with Gasteiger partial charge in [-0.3, -0.25) is 9.59 Å². The lowest BCUT2D eigenvalue weighted by Crippen LogP contribution is -2.64.